The van der Waals surface area contributed by atoms with Crippen molar-refractivity contribution in [2.24, 2.45) is 0 Å². The summed E-state index contributed by atoms with van der Waals surface area (Å²) in [6, 6.07) is 1.66. The van der Waals surface area contributed by atoms with E-state index in [1.165, 1.54) is 44.7 Å². The summed E-state index contributed by atoms with van der Waals surface area (Å²) in [4.78, 5) is 27.5. The average molecular weight is 394 g/mol. The highest BCUT2D eigenvalue weighted by atomic mass is 16.6. The SMILES string of the molecule is CCCCCCCCCCCC(=O)OCC(O)COC(=O)c1cncc(C)c1. The molecule has 0 radical (unpaired) electrons. The smallest absolute Gasteiger partial charge is 0.339 e. The van der Waals surface area contributed by atoms with Gasteiger partial charge in [0.25, 0.3) is 0 Å². The van der Waals surface area contributed by atoms with Crippen LogP contribution in [-0.4, -0.2) is 41.3 Å². The number of aryl methyl sites for hydroxylation is 1. The maximum atomic E-state index is 11.9. The van der Waals surface area contributed by atoms with E-state index in [9.17, 15) is 14.7 Å². The first-order valence-corrected chi connectivity index (χ1v) is 10.5. The summed E-state index contributed by atoms with van der Waals surface area (Å²) in [5, 5.41) is 9.81. The van der Waals surface area contributed by atoms with Crippen LogP contribution in [0.1, 0.15) is 87.1 Å². The summed E-state index contributed by atoms with van der Waals surface area (Å²) >= 11 is 0. The van der Waals surface area contributed by atoms with Crippen molar-refractivity contribution in [2.75, 3.05) is 13.2 Å². The maximum absolute atomic E-state index is 11.9. The van der Waals surface area contributed by atoms with Gasteiger partial charge in [0.1, 0.15) is 19.3 Å². The largest absolute Gasteiger partial charge is 0.463 e. The molecule has 6 heteroatoms. The van der Waals surface area contributed by atoms with E-state index in [0.29, 0.717) is 12.0 Å². The van der Waals surface area contributed by atoms with Crippen molar-refractivity contribution in [3.63, 3.8) is 0 Å². The number of carbonyl (C=O) groups excluding carboxylic acids is 2. The van der Waals surface area contributed by atoms with Gasteiger partial charge in [-0.3, -0.25) is 9.78 Å². The number of esters is 2. The van der Waals surface area contributed by atoms with Gasteiger partial charge < -0.3 is 14.6 Å². The standard InChI is InChI=1S/C22H35NO5/c1-3-4-5-6-7-8-9-10-11-12-21(25)27-16-20(24)17-28-22(26)19-13-18(2)14-23-15-19/h13-15,20,24H,3-12,16-17H2,1-2H3. The minimum Gasteiger partial charge on any atom is -0.463 e. The van der Waals surface area contributed by atoms with Crippen molar-refractivity contribution in [2.45, 2.75) is 84.2 Å². The summed E-state index contributed by atoms with van der Waals surface area (Å²) in [7, 11) is 0. The van der Waals surface area contributed by atoms with E-state index in [1.807, 2.05) is 6.92 Å². The van der Waals surface area contributed by atoms with E-state index >= 15 is 0 Å². The Morgan fingerprint density at radius 2 is 1.57 bits per heavy atom. The van der Waals surface area contributed by atoms with Gasteiger partial charge in [-0.1, -0.05) is 58.3 Å². The van der Waals surface area contributed by atoms with E-state index in [1.54, 1.807) is 12.3 Å². The first-order valence-electron chi connectivity index (χ1n) is 10.5. The van der Waals surface area contributed by atoms with Crippen molar-refractivity contribution in [1.82, 2.24) is 4.98 Å². The predicted molar refractivity (Wildman–Crippen MR) is 108 cm³/mol. The lowest BCUT2D eigenvalue weighted by molar-refractivity contribution is -0.147. The minimum atomic E-state index is -1.03. The number of ether oxygens (including phenoxy) is 2. The van der Waals surface area contributed by atoms with Crippen LogP contribution in [0.4, 0.5) is 0 Å². The Bertz CT molecular complexity index is 576. The molecule has 0 aliphatic rings. The van der Waals surface area contributed by atoms with Crippen molar-refractivity contribution < 1.29 is 24.2 Å². The molecule has 0 bridgehead atoms. The zero-order chi connectivity index (χ0) is 20.6. The second-order valence-corrected chi connectivity index (χ2v) is 7.26. The second-order valence-electron chi connectivity index (χ2n) is 7.26. The van der Waals surface area contributed by atoms with E-state index in [-0.39, 0.29) is 19.2 Å². The van der Waals surface area contributed by atoms with Gasteiger partial charge in [-0.15, -0.1) is 0 Å². The van der Waals surface area contributed by atoms with E-state index in [0.717, 1.165) is 24.8 Å². The number of aromatic nitrogens is 1. The number of hydrogen-bond donors (Lipinski definition) is 1. The third kappa shape index (κ3) is 11.7. The van der Waals surface area contributed by atoms with Crippen LogP contribution in [0.25, 0.3) is 0 Å². The van der Waals surface area contributed by atoms with Crippen LogP contribution >= 0.6 is 0 Å². The molecule has 1 aromatic rings. The summed E-state index contributed by atoms with van der Waals surface area (Å²) in [5.74, 6) is -0.882. The molecule has 0 spiro atoms. The molecule has 1 unspecified atom stereocenters. The zero-order valence-corrected chi connectivity index (χ0v) is 17.3. The topological polar surface area (TPSA) is 85.7 Å². The molecule has 158 valence electrons. The number of nitrogens with zero attached hydrogens (tertiary/aromatic N) is 1. The maximum Gasteiger partial charge on any atom is 0.339 e. The molecule has 1 N–H and O–H groups in total. The molecule has 1 aromatic heterocycles. The Labute approximate surface area is 168 Å². The molecule has 1 rings (SSSR count). The van der Waals surface area contributed by atoms with Crippen molar-refractivity contribution in [1.29, 1.82) is 0 Å². The highest BCUT2D eigenvalue weighted by Gasteiger charge is 2.13. The Morgan fingerprint density at radius 1 is 0.964 bits per heavy atom. The molecule has 0 aliphatic carbocycles. The van der Waals surface area contributed by atoms with Gasteiger partial charge in [-0.05, 0) is 25.0 Å². The number of rotatable bonds is 15. The third-order valence-electron chi connectivity index (χ3n) is 4.44. The van der Waals surface area contributed by atoms with Gasteiger partial charge in [-0.25, -0.2) is 4.79 Å². The molecular weight excluding hydrogens is 358 g/mol. The zero-order valence-electron chi connectivity index (χ0n) is 17.3. The highest BCUT2D eigenvalue weighted by molar-refractivity contribution is 5.89. The fourth-order valence-electron chi connectivity index (χ4n) is 2.81. The fourth-order valence-corrected chi connectivity index (χ4v) is 2.81. The summed E-state index contributed by atoms with van der Waals surface area (Å²) in [6.07, 6.45) is 13.0. The summed E-state index contributed by atoms with van der Waals surface area (Å²) in [6.45, 7) is 3.65. The molecule has 0 aromatic carbocycles. The molecule has 0 saturated carbocycles. The van der Waals surface area contributed by atoms with Gasteiger partial charge in [0.15, 0.2) is 0 Å². The first-order chi connectivity index (χ1) is 13.5. The fraction of sp³-hybridized carbons (Fsp3) is 0.682. The normalized spacial score (nSPS) is 11.8. The molecule has 1 atom stereocenters. The third-order valence-corrected chi connectivity index (χ3v) is 4.44. The lowest BCUT2D eigenvalue weighted by atomic mass is 10.1. The van der Waals surface area contributed by atoms with Crippen LogP contribution in [0.2, 0.25) is 0 Å². The lowest BCUT2D eigenvalue weighted by Crippen LogP contribution is -2.25. The summed E-state index contributed by atoms with van der Waals surface area (Å²) in [5.41, 5.74) is 1.18. The number of unbranched alkanes of at least 4 members (excludes halogenated alkanes) is 8. The Morgan fingerprint density at radius 3 is 2.21 bits per heavy atom. The molecule has 1 heterocycles. The van der Waals surface area contributed by atoms with E-state index < -0.39 is 12.1 Å². The lowest BCUT2D eigenvalue weighted by Gasteiger charge is -2.12. The van der Waals surface area contributed by atoms with Crippen LogP contribution in [-0.2, 0) is 14.3 Å². The van der Waals surface area contributed by atoms with E-state index in [4.69, 9.17) is 9.47 Å². The molecule has 0 amide bonds. The quantitative estimate of drug-likeness (QED) is 0.352. The van der Waals surface area contributed by atoms with Gasteiger partial charge in [0.2, 0.25) is 0 Å². The molecular formula is C22H35NO5. The van der Waals surface area contributed by atoms with Gasteiger partial charge >= 0.3 is 11.9 Å². The first kappa shape index (κ1) is 24.1. The Kier molecular flexibility index (Phi) is 12.9. The number of pyridine rings is 1. The van der Waals surface area contributed by atoms with Crippen molar-refractivity contribution in [3.05, 3.63) is 29.6 Å². The van der Waals surface area contributed by atoms with Crippen LogP contribution < -0.4 is 0 Å². The Balaban J connectivity index is 2.03. The van der Waals surface area contributed by atoms with Crippen molar-refractivity contribution in [3.8, 4) is 0 Å². The molecule has 28 heavy (non-hydrogen) atoms. The number of aliphatic hydroxyl groups is 1. The highest BCUT2D eigenvalue weighted by Crippen LogP contribution is 2.11. The number of aliphatic hydroxyl groups excluding tert-OH is 1. The predicted octanol–water partition coefficient (Wildman–Crippen LogP) is 4.37. The van der Waals surface area contributed by atoms with Crippen LogP contribution in [0.5, 0.6) is 0 Å². The monoisotopic (exact) mass is 393 g/mol. The van der Waals surface area contributed by atoms with Crippen LogP contribution in [0.15, 0.2) is 18.5 Å². The van der Waals surface area contributed by atoms with Crippen molar-refractivity contribution >= 4 is 11.9 Å². The summed E-state index contributed by atoms with van der Waals surface area (Å²) < 4.78 is 10.1. The molecule has 6 nitrogen and oxygen atoms in total. The van der Waals surface area contributed by atoms with Gasteiger partial charge in [0, 0.05) is 18.8 Å². The second kappa shape index (κ2) is 15.0. The average Bonchev–Trinajstić information content (AvgIpc) is 2.69. The van der Waals surface area contributed by atoms with Gasteiger partial charge in [-0.2, -0.15) is 0 Å². The van der Waals surface area contributed by atoms with Crippen LogP contribution in [0, 0.1) is 6.92 Å². The Hall–Kier alpha value is -1.95. The molecule has 0 aliphatic heterocycles. The van der Waals surface area contributed by atoms with E-state index in [2.05, 4.69) is 11.9 Å². The molecule has 0 fully saturated rings. The van der Waals surface area contributed by atoms with Gasteiger partial charge in [0.05, 0.1) is 5.56 Å². The number of hydrogen-bond acceptors (Lipinski definition) is 6. The molecule has 0 saturated heterocycles. The minimum absolute atomic E-state index is 0.171. The van der Waals surface area contributed by atoms with Crippen LogP contribution in [0.3, 0.4) is 0 Å². The number of carbonyl (C=O) groups is 2.